The van der Waals surface area contributed by atoms with Crippen LogP contribution in [0.1, 0.15) is 18.9 Å². The smallest absolute Gasteiger partial charge is 0.243 e. The van der Waals surface area contributed by atoms with Crippen LogP contribution in [-0.4, -0.2) is 14.7 Å². The molecule has 2 heterocycles. The van der Waals surface area contributed by atoms with Gasteiger partial charge in [-0.1, -0.05) is 23.4 Å². The van der Waals surface area contributed by atoms with Crippen LogP contribution < -0.4 is 5.73 Å². The summed E-state index contributed by atoms with van der Waals surface area (Å²) in [5.74, 6) is 1.04. The normalized spacial score (nSPS) is 13.1. The monoisotopic (exact) mass is 242 g/mol. The molecule has 1 aromatic carbocycles. The van der Waals surface area contributed by atoms with Gasteiger partial charge >= 0.3 is 0 Å². The summed E-state index contributed by atoms with van der Waals surface area (Å²) < 4.78 is 7.19. The maximum atomic E-state index is 5.72. The minimum atomic E-state index is -0.249. The summed E-state index contributed by atoms with van der Waals surface area (Å²) >= 11 is 0. The van der Waals surface area contributed by atoms with Gasteiger partial charge in [0, 0.05) is 29.7 Å². The Labute approximate surface area is 104 Å². The fraction of sp³-hybridized carbons (Fsp3) is 0.231. The first-order valence-corrected chi connectivity index (χ1v) is 5.80. The Kier molecular flexibility index (Phi) is 2.41. The van der Waals surface area contributed by atoms with Crippen molar-refractivity contribution in [3.05, 3.63) is 36.4 Å². The zero-order valence-electron chi connectivity index (χ0n) is 10.3. The van der Waals surface area contributed by atoms with Crippen molar-refractivity contribution in [2.45, 2.75) is 13.0 Å². The predicted molar refractivity (Wildman–Crippen MR) is 68.8 cm³/mol. The number of benzene rings is 1. The van der Waals surface area contributed by atoms with Crippen molar-refractivity contribution in [1.29, 1.82) is 0 Å². The van der Waals surface area contributed by atoms with Crippen molar-refractivity contribution >= 4 is 10.9 Å². The number of hydrogen-bond acceptors (Lipinski definition) is 4. The van der Waals surface area contributed by atoms with Crippen LogP contribution in [-0.2, 0) is 7.05 Å². The summed E-state index contributed by atoms with van der Waals surface area (Å²) in [5, 5.41) is 5.10. The van der Waals surface area contributed by atoms with E-state index in [1.807, 2.05) is 42.9 Å². The number of nitrogens with zero attached hydrogens (tertiary/aromatic N) is 3. The van der Waals surface area contributed by atoms with E-state index in [0.717, 1.165) is 16.5 Å². The summed E-state index contributed by atoms with van der Waals surface area (Å²) in [7, 11) is 2.00. The zero-order valence-corrected chi connectivity index (χ0v) is 10.3. The highest BCUT2D eigenvalue weighted by molar-refractivity contribution is 5.94. The van der Waals surface area contributed by atoms with Gasteiger partial charge < -0.3 is 14.8 Å². The molecule has 3 rings (SSSR count). The topological polar surface area (TPSA) is 69.9 Å². The third kappa shape index (κ3) is 1.60. The minimum absolute atomic E-state index is 0.249. The quantitative estimate of drug-likeness (QED) is 0.748. The summed E-state index contributed by atoms with van der Waals surface area (Å²) in [6.07, 6.45) is 2.00. The Morgan fingerprint density at radius 2 is 2.11 bits per heavy atom. The molecule has 0 bridgehead atoms. The molecule has 2 N–H and O–H groups in total. The van der Waals surface area contributed by atoms with Crippen molar-refractivity contribution in [3.63, 3.8) is 0 Å². The molecule has 0 amide bonds. The van der Waals surface area contributed by atoms with E-state index in [2.05, 4.69) is 16.2 Å². The van der Waals surface area contributed by atoms with Crippen LogP contribution in [0.5, 0.6) is 0 Å². The number of para-hydroxylation sites is 1. The molecule has 0 saturated heterocycles. The van der Waals surface area contributed by atoms with Crippen LogP contribution in [0.15, 0.2) is 35.0 Å². The van der Waals surface area contributed by atoms with E-state index in [0.29, 0.717) is 11.7 Å². The fourth-order valence-electron chi connectivity index (χ4n) is 2.05. The molecule has 0 aliphatic carbocycles. The molecule has 3 aromatic rings. The van der Waals surface area contributed by atoms with Crippen LogP contribution >= 0.6 is 0 Å². The van der Waals surface area contributed by atoms with Crippen molar-refractivity contribution in [2.24, 2.45) is 12.8 Å². The van der Waals surface area contributed by atoms with Crippen LogP contribution in [0, 0.1) is 0 Å². The Morgan fingerprint density at radius 1 is 1.33 bits per heavy atom. The predicted octanol–water partition coefficient (Wildman–Crippen LogP) is 2.25. The minimum Gasteiger partial charge on any atom is -0.350 e. The molecule has 0 fully saturated rings. The van der Waals surface area contributed by atoms with Crippen molar-refractivity contribution < 1.29 is 4.52 Å². The number of rotatable bonds is 2. The van der Waals surface area contributed by atoms with Gasteiger partial charge in [-0.2, -0.15) is 4.98 Å². The van der Waals surface area contributed by atoms with Gasteiger partial charge in [-0.25, -0.2) is 0 Å². The summed E-state index contributed by atoms with van der Waals surface area (Å²) in [4.78, 5) is 4.33. The summed E-state index contributed by atoms with van der Waals surface area (Å²) in [6, 6.07) is 7.87. The molecule has 0 unspecified atom stereocenters. The molecule has 0 saturated carbocycles. The molecule has 5 nitrogen and oxygen atoms in total. The summed E-state index contributed by atoms with van der Waals surface area (Å²) in [6.45, 7) is 1.82. The molecular weight excluding hydrogens is 228 g/mol. The molecular formula is C13H14N4O. The molecule has 0 aliphatic rings. The van der Waals surface area contributed by atoms with Crippen molar-refractivity contribution in [2.75, 3.05) is 0 Å². The van der Waals surface area contributed by atoms with E-state index < -0.39 is 0 Å². The van der Waals surface area contributed by atoms with Crippen LogP contribution in [0.25, 0.3) is 22.3 Å². The first-order chi connectivity index (χ1) is 8.66. The van der Waals surface area contributed by atoms with Crippen molar-refractivity contribution in [1.82, 2.24) is 14.7 Å². The molecule has 2 aromatic heterocycles. The SMILES string of the molecule is C[C@H](N)c1nc(-c2cn(C)c3ccccc23)no1. The second-order valence-electron chi connectivity index (χ2n) is 4.42. The standard InChI is InChI=1S/C13H14N4O/c1-8(14)13-15-12(16-18-13)10-7-17(2)11-6-4-3-5-9(10)11/h3-8H,14H2,1-2H3/t8-/m0/s1. The van der Waals surface area contributed by atoms with Gasteiger partial charge in [0.1, 0.15) is 0 Å². The zero-order chi connectivity index (χ0) is 12.7. The molecule has 0 aliphatic heterocycles. The number of aromatic nitrogens is 3. The highest BCUT2D eigenvalue weighted by atomic mass is 16.5. The number of aryl methyl sites for hydroxylation is 1. The van der Waals surface area contributed by atoms with E-state index in [9.17, 15) is 0 Å². The lowest BCUT2D eigenvalue weighted by atomic mass is 10.2. The van der Waals surface area contributed by atoms with Crippen LogP contribution in [0.4, 0.5) is 0 Å². The van der Waals surface area contributed by atoms with E-state index in [-0.39, 0.29) is 6.04 Å². The van der Waals surface area contributed by atoms with Gasteiger partial charge in [-0.05, 0) is 13.0 Å². The molecule has 92 valence electrons. The lowest BCUT2D eigenvalue weighted by Crippen LogP contribution is -2.04. The Morgan fingerprint density at radius 3 is 2.83 bits per heavy atom. The first kappa shape index (κ1) is 11.0. The van der Waals surface area contributed by atoms with Gasteiger partial charge in [-0.3, -0.25) is 0 Å². The maximum Gasteiger partial charge on any atom is 0.243 e. The number of nitrogens with two attached hydrogens (primary N) is 1. The molecule has 5 heteroatoms. The first-order valence-electron chi connectivity index (χ1n) is 5.80. The average Bonchev–Trinajstić information content (AvgIpc) is 2.95. The van der Waals surface area contributed by atoms with Crippen LogP contribution in [0.3, 0.4) is 0 Å². The molecule has 1 atom stereocenters. The van der Waals surface area contributed by atoms with Gasteiger partial charge in [0.15, 0.2) is 0 Å². The summed E-state index contributed by atoms with van der Waals surface area (Å²) in [5.41, 5.74) is 7.82. The molecule has 18 heavy (non-hydrogen) atoms. The average molecular weight is 242 g/mol. The lowest BCUT2D eigenvalue weighted by molar-refractivity contribution is 0.362. The highest BCUT2D eigenvalue weighted by Crippen LogP contribution is 2.28. The van der Waals surface area contributed by atoms with E-state index in [1.165, 1.54) is 0 Å². The van der Waals surface area contributed by atoms with Gasteiger partial charge in [0.25, 0.3) is 0 Å². The Bertz CT molecular complexity index is 696. The van der Waals surface area contributed by atoms with Crippen molar-refractivity contribution in [3.8, 4) is 11.4 Å². The highest BCUT2D eigenvalue weighted by Gasteiger charge is 2.15. The third-order valence-electron chi connectivity index (χ3n) is 2.97. The van der Waals surface area contributed by atoms with Gasteiger partial charge in [0.05, 0.1) is 6.04 Å². The number of hydrogen-bond donors (Lipinski definition) is 1. The third-order valence-corrected chi connectivity index (χ3v) is 2.97. The Balaban J connectivity index is 2.19. The van der Waals surface area contributed by atoms with E-state index >= 15 is 0 Å². The van der Waals surface area contributed by atoms with Gasteiger partial charge in [0.2, 0.25) is 11.7 Å². The fourth-order valence-corrected chi connectivity index (χ4v) is 2.05. The second-order valence-corrected chi connectivity index (χ2v) is 4.42. The molecule has 0 radical (unpaired) electrons. The second kappa shape index (κ2) is 3.96. The van der Waals surface area contributed by atoms with Crippen LogP contribution in [0.2, 0.25) is 0 Å². The number of fused-ring (bicyclic) bond motifs is 1. The lowest BCUT2D eigenvalue weighted by Gasteiger charge is -1.93. The van der Waals surface area contributed by atoms with E-state index in [1.54, 1.807) is 0 Å². The van der Waals surface area contributed by atoms with E-state index in [4.69, 9.17) is 10.3 Å². The largest absolute Gasteiger partial charge is 0.350 e. The molecule has 0 spiro atoms. The Hall–Kier alpha value is -2.14. The van der Waals surface area contributed by atoms with Gasteiger partial charge in [-0.15, -0.1) is 0 Å². The maximum absolute atomic E-state index is 5.72.